The molecule has 5 heteroatoms. The van der Waals surface area contributed by atoms with Gasteiger partial charge in [-0.3, -0.25) is 4.79 Å². The Morgan fingerprint density at radius 1 is 1.29 bits per heavy atom. The van der Waals surface area contributed by atoms with Crippen LogP contribution in [0.1, 0.15) is 36.5 Å². The number of carbonyl (C=O) groups is 1. The maximum Gasteiger partial charge on any atom is 0.277 e. The Kier molecular flexibility index (Phi) is 6.38. The van der Waals surface area contributed by atoms with Crippen LogP contribution in [0.15, 0.2) is 47.6 Å². The van der Waals surface area contributed by atoms with Gasteiger partial charge in [0.25, 0.3) is 5.91 Å². The molecule has 4 nitrogen and oxygen atoms in total. The van der Waals surface area contributed by atoms with E-state index in [0.29, 0.717) is 10.9 Å². The first-order valence-electron chi connectivity index (χ1n) is 7.76. The summed E-state index contributed by atoms with van der Waals surface area (Å²) in [5, 5.41) is 4.53. The third kappa shape index (κ3) is 5.39. The van der Waals surface area contributed by atoms with E-state index in [1.54, 1.807) is 12.1 Å². The predicted octanol–water partition coefficient (Wildman–Crippen LogP) is 4.30. The van der Waals surface area contributed by atoms with Gasteiger partial charge in [0.05, 0.1) is 6.21 Å². The highest BCUT2D eigenvalue weighted by atomic mass is 35.5. The maximum atomic E-state index is 11.9. The molecule has 0 fully saturated rings. The van der Waals surface area contributed by atoms with Crippen molar-refractivity contribution in [2.24, 2.45) is 5.10 Å². The van der Waals surface area contributed by atoms with Crippen molar-refractivity contribution in [1.82, 2.24) is 5.43 Å². The maximum absolute atomic E-state index is 11.9. The fraction of sp³-hybridized carbons (Fsp3) is 0.263. The molecule has 0 radical (unpaired) electrons. The molecule has 0 aromatic heterocycles. The molecule has 0 saturated carbocycles. The summed E-state index contributed by atoms with van der Waals surface area (Å²) in [6, 6.07) is 13.2. The average molecular weight is 345 g/mol. The zero-order chi connectivity index (χ0) is 17.5. The van der Waals surface area contributed by atoms with Crippen LogP contribution in [0.2, 0.25) is 5.02 Å². The largest absolute Gasteiger partial charge is 0.483 e. The molecule has 0 spiro atoms. The normalized spacial score (nSPS) is 11.0. The molecule has 1 N–H and O–H groups in total. The first kappa shape index (κ1) is 18.0. The average Bonchev–Trinajstić information content (AvgIpc) is 2.53. The van der Waals surface area contributed by atoms with Gasteiger partial charge >= 0.3 is 0 Å². The third-order valence-corrected chi connectivity index (χ3v) is 3.64. The lowest BCUT2D eigenvalue weighted by Crippen LogP contribution is -2.25. The summed E-state index contributed by atoms with van der Waals surface area (Å²) in [4.78, 5) is 11.9. The van der Waals surface area contributed by atoms with Crippen molar-refractivity contribution in [3.8, 4) is 5.75 Å². The molecule has 2 aromatic carbocycles. The Balaban J connectivity index is 1.91. The Morgan fingerprint density at radius 2 is 2.08 bits per heavy atom. The van der Waals surface area contributed by atoms with Gasteiger partial charge in [-0.2, -0.15) is 5.10 Å². The zero-order valence-corrected chi connectivity index (χ0v) is 14.8. The summed E-state index contributed by atoms with van der Waals surface area (Å²) in [5.74, 6) is 0.743. The van der Waals surface area contributed by atoms with Crippen LogP contribution in [0, 0.1) is 6.92 Å². The number of aryl methyl sites for hydroxylation is 1. The second kappa shape index (κ2) is 8.50. The van der Waals surface area contributed by atoms with Crippen LogP contribution in [0.4, 0.5) is 0 Å². The van der Waals surface area contributed by atoms with Gasteiger partial charge in [-0.1, -0.05) is 49.7 Å². The highest BCUT2D eigenvalue weighted by Crippen LogP contribution is 2.27. The SMILES string of the molecule is Cc1ccc(C(C)C)c(OCC(=O)NN=Cc2cccc(Cl)c2)c1. The van der Waals surface area contributed by atoms with Crippen molar-refractivity contribution >= 4 is 23.7 Å². The molecule has 126 valence electrons. The van der Waals surface area contributed by atoms with E-state index in [2.05, 4.69) is 24.4 Å². The Hall–Kier alpha value is -2.33. The lowest BCUT2D eigenvalue weighted by molar-refractivity contribution is -0.123. The minimum absolute atomic E-state index is 0.0872. The number of hydrazone groups is 1. The number of amides is 1. The van der Waals surface area contributed by atoms with E-state index in [4.69, 9.17) is 16.3 Å². The molecule has 0 saturated heterocycles. The van der Waals surface area contributed by atoms with E-state index in [1.165, 1.54) is 6.21 Å². The Labute approximate surface area is 147 Å². The second-order valence-electron chi connectivity index (χ2n) is 5.83. The number of nitrogens with one attached hydrogen (secondary N) is 1. The van der Waals surface area contributed by atoms with E-state index in [-0.39, 0.29) is 12.5 Å². The molecule has 0 aliphatic rings. The molecule has 2 rings (SSSR count). The fourth-order valence-electron chi connectivity index (χ4n) is 2.18. The lowest BCUT2D eigenvalue weighted by atomic mass is 10.0. The van der Waals surface area contributed by atoms with Gasteiger partial charge < -0.3 is 4.74 Å². The molecule has 0 aliphatic carbocycles. The third-order valence-electron chi connectivity index (χ3n) is 3.40. The van der Waals surface area contributed by atoms with Gasteiger partial charge in [0.1, 0.15) is 5.75 Å². The van der Waals surface area contributed by atoms with Crippen molar-refractivity contribution in [2.75, 3.05) is 6.61 Å². The summed E-state index contributed by atoms with van der Waals surface area (Å²) in [6.45, 7) is 6.09. The van der Waals surface area contributed by atoms with Crippen molar-refractivity contribution in [3.63, 3.8) is 0 Å². The van der Waals surface area contributed by atoms with Crippen LogP contribution in [0.5, 0.6) is 5.75 Å². The van der Waals surface area contributed by atoms with Gasteiger partial charge in [-0.25, -0.2) is 5.43 Å². The van der Waals surface area contributed by atoms with Crippen LogP contribution in [0.3, 0.4) is 0 Å². The minimum atomic E-state index is -0.315. The number of hydrogen-bond donors (Lipinski definition) is 1. The quantitative estimate of drug-likeness (QED) is 0.627. The molecule has 2 aromatic rings. The molecule has 0 unspecified atom stereocenters. The smallest absolute Gasteiger partial charge is 0.277 e. The number of benzene rings is 2. The predicted molar refractivity (Wildman–Crippen MR) is 98.0 cm³/mol. The van der Waals surface area contributed by atoms with Crippen LogP contribution in [-0.4, -0.2) is 18.7 Å². The van der Waals surface area contributed by atoms with Gasteiger partial charge in [0, 0.05) is 5.02 Å². The van der Waals surface area contributed by atoms with Crippen LogP contribution < -0.4 is 10.2 Å². The van der Waals surface area contributed by atoms with Crippen molar-refractivity contribution in [2.45, 2.75) is 26.7 Å². The van der Waals surface area contributed by atoms with Crippen molar-refractivity contribution < 1.29 is 9.53 Å². The minimum Gasteiger partial charge on any atom is -0.483 e. The molecular formula is C19H21ClN2O2. The van der Waals surface area contributed by atoms with Gasteiger partial charge in [0.2, 0.25) is 0 Å². The van der Waals surface area contributed by atoms with E-state index in [0.717, 1.165) is 22.4 Å². The van der Waals surface area contributed by atoms with Gasteiger partial charge in [0.15, 0.2) is 6.61 Å². The van der Waals surface area contributed by atoms with E-state index >= 15 is 0 Å². The molecule has 0 bridgehead atoms. The molecule has 0 heterocycles. The molecule has 1 amide bonds. The summed E-state index contributed by atoms with van der Waals surface area (Å²) in [5.41, 5.74) is 5.43. The lowest BCUT2D eigenvalue weighted by Gasteiger charge is -2.14. The second-order valence-corrected chi connectivity index (χ2v) is 6.27. The highest BCUT2D eigenvalue weighted by Gasteiger charge is 2.09. The summed E-state index contributed by atoms with van der Waals surface area (Å²) < 4.78 is 5.66. The molecular weight excluding hydrogens is 324 g/mol. The Bertz CT molecular complexity index is 742. The van der Waals surface area contributed by atoms with Gasteiger partial charge in [-0.15, -0.1) is 0 Å². The number of nitrogens with zero attached hydrogens (tertiary/aromatic N) is 1. The van der Waals surface area contributed by atoms with E-state index in [1.807, 2.05) is 37.3 Å². The van der Waals surface area contributed by atoms with Crippen molar-refractivity contribution in [1.29, 1.82) is 0 Å². The number of carbonyl (C=O) groups excluding carboxylic acids is 1. The summed E-state index contributed by atoms with van der Waals surface area (Å²) >= 11 is 5.89. The number of rotatable bonds is 6. The standard InChI is InChI=1S/C19H21ClN2O2/c1-13(2)17-8-7-14(3)9-18(17)24-12-19(23)22-21-11-15-5-4-6-16(20)10-15/h4-11,13H,12H2,1-3H3,(H,22,23). The summed E-state index contributed by atoms with van der Waals surface area (Å²) in [7, 11) is 0. The van der Waals surface area contributed by atoms with E-state index < -0.39 is 0 Å². The number of ether oxygens (including phenoxy) is 1. The summed E-state index contributed by atoms with van der Waals surface area (Å²) in [6.07, 6.45) is 1.54. The first-order chi connectivity index (χ1) is 11.5. The Morgan fingerprint density at radius 3 is 2.79 bits per heavy atom. The monoisotopic (exact) mass is 344 g/mol. The molecule has 24 heavy (non-hydrogen) atoms. The fourth-order valence-corrected chi connectivity index (χ4v) is 2.38. The van der Waals surface area contributed by atoms with Crippen molar-refractivity contribution in [3.05, 3.63) is 64.2 Å². The molecule has 0 atom stereocenters. The number of halogens is 1. The van der Waals surface area contributed by atoms with E-state index in [9.17, 15) is 4.79 Å². The van der Waals surface area contributed by atoms with Crippen LogP contribution >= 0.6 is 11.6 Å². The zero-order valence-electron chi connectivity index (χ0n) is 14.0. The number of hydrogen-bond acceptors (Lipinski definition) is 3. The molecule has 0 aliphatic heterocycles. The van der Waals surface area contributed by atoms with Crippen LogP contribution in [0.25, 0.3) is 0 Å². The topological polar surface area (TPSA) is 50.7 Å². The first-order valence-corrected chi connectivity index (χ1v) is 8.14. The highest BCUT2D eigenvalue weighted by molar-refractivity contribution is 6.30. The van der Waals surface area contributed by atoms with Gasteiger partial charge in [-0.05, 0) is 47.7 Å². The van der Waals surface area contributed by atoms with Crippen LogP contribution in [-0.2, 0) is 4.79 Å².